The number of H-pyrrole nitrogens is 1. The van der Waals surface area contributed by atoms with Gasteiger partial charge in [0.2, 0.25) is 0 Å². The second-order valence-electron chi connectivity index (χ2n) is 6.79. The maximum absolute atomic E-state index is 12.8. The highest BCUT2D eigenvalue weighted by Crippen LogP contribution is 2.22. The number of rotatable bonds is 2. The van der Waals surface area contributed by atoms with Crippen molar-refractivity contribution in [1.82, 2.24) is 24.8 Å². The summed E-state index contributed by atoms with van der Waals surface area (Å²) in [6, 6.07) is 9.15. The Bertz CT molecular complexity index is 1080. The van der Waals surface area contributed by atoms with E-state index >= 15 is 0 Å². The first-order valence-corrected chi connectivity index (χ1v) is 8.71. The lowest BCUT2D eigenvalue weighted by Crippen LogP contribution is -2.26. The lowest BCUT2D eigenvalue weighted by molar-refractivity contribution is 0.0750. The summed E-state index contributed by atoms with van der Waals surface area (Å²) < 4.78 is 0. The monoisotopic (exact) mass is 361 g/mol. The fourth-order valence-electron chi connectivity index (χ4n) is 3.33. The molecule has 1 aliphatic rings. The van der Waals surface area contributed by atoms with Crippen molar-refractivity contribution in [1.29, 1.82) is 0 Å². The van der Waals surface area contributed by atoms with Crippen LogP contribution in [0, 0.1) is 20.8 Å². The van der Waals surface area contributed by atoms with Crippen LogP contribution in [0.3, 0.4) is 0 Å². The number of aromatic nitrogens is 4. The number of amides is 1. The van der Waals surface area contributed by atoms with Crippen molar-refractivity contribution in [2.75, 3.05) is 0 Å². The molecule has 4 rings (SSSR count). The third kappa shape index (κ3) is 3.23. The van der Waals surface area contributed by atoms with E-state index in [1.54, 1.807) is 24.0 Å². The molecule has 0 saturated carbocycles. The maximum atomic E-state index is 12.8. The second-order valence-corrected chi connectivity index (χ2v) is 6.79. The molecule has 3 heterocycles. The first-order valence-electron chi connectivity index (χ1n) is 8.71. The summed E-state index contributed by atoms with van der Waals surface area (Å²) >= 11 is 0. The highest BCUT2D eigenvalue weighted by atomic mass is 16.2. The van der Waals surface area contributed by atoms with E-state index in [9.17, 15) is 9.59 Å². The van der Waals surface area contributed by atoms with Crippen molar-refractivity contribution in [3.63, 3.8) is 0 Å². The first kappa shape index (κ1) is 17.1. The van der Waals surface area contributed by atoms with Crippen LogP contribution in [0.4, 0.5) is 0 Å². The minimum atomic E-state index is -0.171. The van der Waals surface area contributed by atoms with Crippen LogP contribution in [0.2, 0.25) is 0 Å². The predicted molar refractivity (Wildman–Crippen MR) is 100 cm³/mol. The van der Waals surface area contributed by atoms with Crippen molar-refractivity contribution >= 4 is 5.91 Å². The zero-order valence-corrected chi connectivity index (χ0v) is 15.4. The average Bonchev–Trinajstić information content (AvgIpc) is 3.05. The van der Waals surface area contributed by atoms with Crippen molar-refractivity contribution in [3.8, 4) is 11.4 Å². The zero-order valence-electron chi connectivity index (χ0n) is 15.4. The highest BCUT2D eigenvalue weighted by Gasteiger charge is 2.27. The number of hydrogen-bond acceptors (Lipinski definition) is 5. The quantitative estimate of drug-likeness (QED) is 0.756. The number of benzene rings is 1. The zero-order chi connectivity index (χ0) is 19.1. The Labute approximate surface area is 156 Å². The van der Waals surface area contributed by atoms with Crippen LogP contribution in [0.15, 0.2) is 35.1 Å². The van der Waals surface area contributed by atoms with Gasteiger partial charge in [0.25, 0.3) is 11.5 Å². The van der Waals surface area contributed by atoms with Crippen LogP contribution < -0.4 is 5.56 Å². The molecule has 2 aromatic heterocycles. The van der Waals surface area contributed by atoms with E-state index in [0.29, 0.717) is 35.0 Å². The van der Waals surface area contributed by atoms with E-state index in [0.717, 1.165) is 17.0 Å². The van der Waals surface area contributed by atoms with Gasteiger partial charge in [0.15, 0.2) is 5.82 Å². The summed E-state index contributed by atoms with van der Waals surface area (Å²) in [6.45, 7) is 6.22. The standard InChI is InChI=1S/C20H19N5O2/c1-11-8-12(2)22-18(21-11)14-4-6-15(7-5-14)20(27)25-9-16-17(10-25)23-13(3)24-19(16)26/h4-8H,9-10H2,1-3H3,(H,23,24,26). The van der Waals surface area contributed by atoms with Gasteiger partial charge in [-0.15, -0.1) is 0 Å². The third-order valence-corrected chi connectivity index (χ3v) is 4.57. The van der Waals surface area contributed by atoms with Gasteiger partial charge in [-0.05, 0) is 39.0 Å². The van der Waals surface area contributed by atoms with Crippen LogP contribution in [-0.2, 0) is 13.1 Å². The molecular weight excluding hydrogens is 342 g/mol. The molecule has 0 unspecified atom stereocenters. The van der Waals surface area contributed by atoms with Gasteiger partial charge in [-0.2, -0.15) is 0 Å². The number of fused-ring (bicyclic) bond motifs is 1. The molecule has 1 N–H and O–H groups in total. The molecule has 1 amide bonds. The Morgan fingerprint density at radius 2 is 1.67 bits per heavy atom. The van der Waals surface area contributed by atoms with Gasteiger partial charge in [-0.1, -0.05) is 12.1 Å². The van der Waals surface area contributed by atoms with Crippen LogP contribution >= 0.6 is 0 Å². The van der Waals surface area contributed by atoms with E-state index in [1.807, 2.05) is 32.0 Å². The van der Waals surface area contributed by atoms with Crippen molar-refractivity contribution in [3.05, 3.63) is 74.7 Å². The predicted octanol–water partition coefficient (Wildman–Crippen LogP) is 2.31. The number of hydrogen-bond donors (Lipinski definition) is 1. The molecule has 0 fully saturated rings. The lowest BCUT2D eigenvalue weighted by Gasteiger charge is -2.15. The molecule has 0 radical (unpaired) electrons. The molecule has 0 bridgehead atoms. The minimum Gasteiger partial charge on any atom is -0.328 e. The third-order valence-electron chi connectivity index (χ3n) is 4.57. The van der Waals surface area contributed by atoms with Crippen molar-refractivity contribution in [2.24, 2.45) is 0 Å². The molecular formula is C20H19N5O2. The Kier molecular flexibility index (Phi) is 4.07. The normalized spacial score (nSPS) is 12.9. The average molecular weight is 361 g/mol. The van der Waals surface area contributed by atoms with Gasteiger partial charge in [0.05, 0.1) is 24.3 Å². The summed E-state index contributed by atoms with van der Waals surface area (Å²) in [6.07, 6.45) is 0. The van der Waals surface area contributed by atoms with E-state index in [-0.39, 0.29) is 18.0 Å². The summed E-state index contributed by atoms with van der Waals surface area (Å²) in [5, 5.41) is 0. The molecule has 136 valence electrons. The molecule has 0 aliphatic carbocycles. The molecule has 0 atom stereocenters. The summed E-state index contributed by atoms with van der Waals surface area (Å²) in [7, 11) is 0. The Hall–Kier alpha value is -3.35. The number of nitrogens with zero attached hydrogens (tertiary/aromatic N) is 4. The number of carbonyl (C=O) groups excluding carboxylic acids is 1. The van der Waals surface area contributed by atoms with Crippen molar-refractivity contribution in [2.45, 2.75) is 33.9 Å². The molecule has 27 heavy (non-hydrogen) atoms. The summed E-state index contributed by atoms with van der Waals surface area (Å²) in [4.78, 5) is 42.4. The molecule has 0 saturated heterocycles. The van der Waals surface area contributed by atoms with Crippen LogP contribution in [0.5, 0.6) is 0 Å². The maximum Gasteiger partial charge on any atom is 0.256 e. The number of aromatic amines is 1. The van der Waals surface area contributed by atoms with Gasteiger partial charge in [-0.25, -0.2) is 15.0 Å². The fourth-order valence-corrected chi connectivity index (χ4v) is 3.33. The molecule has 0 spiro atoms. The van der Waals surface area contributed by atoms with E-state index in [2.05, 4.69) is 19.9 Å². The molecule has 7 nitrogen and oxygen atoms in total. The summed E-state index contributed by atoms with van der Waals surface area (Å²) in [5.41, 5.74) is 4.29. The van der Waals surface area contributed by atoms with Gasteiger partial charge in [0.1, 0.15) is 5.82 Å². The van der Waals surface area contributed by atoms with Crippen LogP contribution in [0.25, 0.3) is 11.4 Å². The Balaban J connectivity index is 1.57. The van der Waals surface area contributed by atoms with Gasteiger partial charge >= 0.3 is 0 Å². The lowest BCUT2D eigenvalue weighted by atomic mass is 10.1. The molecule has 7 heteroatoms. The Morgan fingerprint density at radius 3 is 2.33 bits per heavy atom. The van der Waals surface area contributed by atoms with Gasteiger partial charge < -0.3 is 9.88 Å². The fraction of sp³-hybridized carbons (Fsp3) is 0.250. The summed E-state index contributed by atoms with van der Waals surface area (Å²) in [5.74, 6) is 1.08. The highest BCUT2D eigenvalue weighted by molar-refractivity contribution is 5.94. The van der Waals surface area contributed by atoms with Gasteiger partial charge in [-0.3, -0.25) is 9.59 Å². The Morgan fingerprint density at radius 1 is 1.00 bits per heavy atom. The molecule has 3 aromatic rings. The SMILES string of the molecule is Cc1cc(C)nc(-c2ccc(C(=O)N3Cc4nc(C)[nH]c(=O)c4C3)cc2)n1. The van der Waals surface area contributed by atoms with E-state index in [4.69, 9.17) is 0 Å². The number of nitrogens with one attached hydrogen (secondary N) is 1. The molecule has 1 aliphatic heterocycles. The topological polar surface area (TPSA) is 91.8 Å². The van der Waals surface area contributed by atoms with Crippen LogP contribution in [0.1, 0.15) is 38.8 Å². The first-order chi connectivity index (χ1) is 12.9. The van der Waals surface area contributed by atoms with Crippen molar-refractivity contribution < 1.29 is 4.79 Å². The molecule has 1 aromatic carbocycles. The number of carbonyl (C=O) groups is 1. The largest absolute Gasteiger partial charge is 0.328 e. The number of aryl methyl sites for hydroxylation is 3. The smallest absolute Gasteiger partial charge is 0.256 e. The minimum absolute atomic E-state index is 0.127. The second kappa shape index (κ2) is 6.42. The van der Waals surface area contributed by atoms with Gasteiger partial charge in [0, 0.05) is 22.5 Å². The van der Waals surface area contributed by atoms with Crippen LogP contribution in [-0.4, -0.2) is 30.7 Å². The van der Waals surface area contributed by atoms with E-state index < -0.39 is 0 Å². The van der Waals surface area contributed by atoms with E-state index in [1.165, 1.54) is 0 Å².